The summed E-state index contributed by atoms with van der Waals surface area (Å²) in [6.07, 6.45) is 0.314. The molecule has 0 spiro atoms. The molecule has 4 nitrogen and oxygen atoms in total. The van der Waals surface area contributed by atoms with E-state index >= 15 is 0 Å². The van der Waals surface area contributed by atoms with Crippen molar-refractivity contribution in [2.45, 2.75) is 13.3 Å². The lowest BCUT2D eigenvalue weighted by Gasteiger charge is -2.04. The van der Waals surface area contributed by atoms with Gasteiger partial charge in [0.05, 0.1) is 13.2 Å². The molecule has 0 rings (SSSR count). The number of halogens is 1. The van der Waals surface area contributed by atoms with E-state index in [0.29, 0.717) is 25.2 Å². The average Bonchev–Trinajstić information content (AvgIpc) is 2.09. The van der Waals surface area contributed by atoms with Gasteiger partial charge in [0.1, 0.15) is 6.61 Å². The van der Waals surface area contributed by atoms with Gasteiger partial charge in [-0.05, 0) is 22.9 Å². The third-order valence-corrected chi connectivity index (χ3v) is 1.65. The highest BCUT2D eigenvalue weighted by atomic mass is 79.9. The van der Waals surface area contributed by atoms with E-state index < -0.39 is 5.97 Å². The van der Waals surface area contributed by atoms with Gasteiger partial charge in [0.25, 0.3) is 0 Å². The quantitative estimate of drug-likeness (QED) is 0.302. The van der Waals surface area contributed by atoms with Gasteiger partial charge in [0, 0.05) is 12.0 Å². The highest BCUT2D eigenvalue weighted by Crippen LogP contribution is 1.94. The largest absolute Gasteiger partial charge is 0.460 e. The van der Waals surface area contributed by atoms with E-state index in [9.17, 15) is 9.59 Å². The fraction of sp³-hybridized carbons (Fsp3) is 0.556. The van der Waals surface area contributed by atoms with Crippen LogP contribution in [0.2, 0.25) is 0 Å². The van der Waals surface area contributed by atoms with Crippen LogP contribution in [0.3, 0.4) is 0 Å². The molecule has 0 aromatic rings. The summed E-state index contributed by atoms with van der Waals surface area (Å²) in [5.41, 5.74) is 0.362. The fourth-order valence-corrected chi connectivity index (χ4v) is 0.733. The molecule has 0 unspecified atom stereocenters. The second-order valence-electron chi connectivity index (χ2n) is 2.63. The van der Waals surface area contributed by atoms with Crippen LogP contribution in [0, 0.1) is 0 Å². The Morgan fingerprint density at radius 2 is 1.93 bits per heavy atom. The Balaban J connectivity index is 3.26. The Labute approximate surface area is 91.4 Å². The van der Waals surface area contributed by atoms with Crippen molar-refractivity contribution in [3.8, 4) is 0 Å². The molecule has 0 saturated heterocycles. The highest BCUT2D eigenvalue weighted by molar-refractivity contribution is 9.18. The molecule has 0 aromatic carbocycles. The molecule has 0 aromatic heterocycles. The van der Waals surface area contributed by atoms with Crippen molar-refractivity contribution in [3.05, 3.63) is 12.2 Å². The molecular formula is C9H13BrO4. The van der Waals surface area contributed by atoms with Crippen molar-refractivity contribution in [1.82, 2.24) is 0 Å². The van der Waals surface area contributed by atoms with Crippen molar-refractivity contribution >= 4 is 26.6 Å². The Bertz CT molecular complexity index is 225. The molecule has 5 heteroatoms. The van der Waals surface area contributed by atoms with E-state index in [1.54, 1.807) is 6.92 Å². The van der Waals surface area contributed by atoms with E-state index in [0.717, 1.165) is 0 Å². The summed E-state index contributed by atoms with van der Waals surface area (Å²) in [7, 11) is 0. The van der Waals surface area contributed by atoms with Crippen LogP contribution in [0.1, 0.15) is 13.3 Å². The van der Waals surface area contributed by atoms with Crippen molar-refractivity contribution in [3.63, 3.8) is 0 Å². The predicted octanol–water partition coefficient (Wildman–Crippen LogP) is 1.43. The Hall–Kier alpha value is -0.680. The van der Waals surface area contributed by atoms with Crippen LogP contribution < -0.4 is 0 Å². The Morgan fingerprint density at radius 3 is 2.43 bits per heavy atom. The van der Waals surface area contributed by atoms with E-state index in [2.05, 4.69) is 22.5 Å². The molecule has 0 N–H and O–H groups in total. The minimum absolute atomic E-state index is 0.101. The summed E-state index contributed by atoms with van der Waals surface area (Å²) in [6, 6.07) is 0. The molecule has 0 radical (unpaired) electrons. The van der Waals surface area contributed by atoms with Gasteiger partial charge >= 0.3 is 5.97 Å². The number of esters is 1. The molecule has 0 bridgehead atoms. The van der Waals surface area contributed by atoms with Gasteiger partial charge in [-0.25, -0.2) is 4.79 Å². The van der Waals surface area contributed by atoms with Crippen molar-refractivity contribution < 1.29 is 19.1 Å². The van der Waals surface area contributed by atoms with Crippen molar-refractivity contribution in [2.24, 2.45) is 0 Å². The second-order valence-corrected chi connectivity index (χ2v) is 3.52. The normalized spacial score (nSPS) is 9.57. The third kappa shape index (κ3) is 7.94. The van der Waals surface area contributed by atoms with Crippen LogP contribution in [-0.4, -0.2) is 30.5 Å². The van der Waals surface area contributed by atoms with Gasteiger partial charge in [-0.2, -0.15) is 0 Å². The van der Waals surface area contributed by atoms with Gasteiger partial charge in [-0.1, -0.05) is 6.58 Å². The summed E-state index contributed by atoms with van der Waals surface area (Å²) in [6.45, 7) is 5.80. The first-order valence-corrected chi connectivity index (χ1v) is 4.92. The van der Waals surface area contributed by atoms with Gasteiger partial charge in [0.15, 0.2) is 4.69 Å². The SMILES string of the molecule is C=C(C)C(=O)OCCOCCC(=O)Br. The Kier molecular flexibility index (Phi) is 7.32. The zero-order valence-electron chi connectivity index (χ0n) is 8.05. The van der Waals surface area contributed by atoms with Crippen molar-refractivity contribution in [1.29, 1.82) is 0 Å². The lowest BCUT2D eigenvalue weighted by molar-refractivity contribution is -0.140. The number of carbonyl (C=O) groups excluding carboxylic acids is 2. The summed E-state index contributed by atoms with van der Waals surface area (Å²) in [4.78, 5) is 21.3. The van der Waals surface area contributed by atoms with E-state index in [1.807, 2.05) is 0 Å². The number of ether oxygens (including phenoxy) is 2. The predicted molar refractivity (Wildman–Crippen MR) is 55.1 cm³/mol. The average molecular weight is 265 g/mol. The first-order valence-electron chi connectivity index (χ1n) is 4.12. The minimum Gasteiger partial charge on any atom is -0.460 e. The summed E-state index contributed by atoms with van der Waals surface area (Å²) >= 11 is 2.77. The number of hydrogen-bond donors (Lipinski definition) is 0. The first-order chi connectivity index (χ1) is 6.54. The molecule has 0 atom stereocenters. The smallest absolute Gasteiger partial charge is 0.333 e. The summed E-state index contributed by atoms with van der Waals surface area (Å²) < 4.78 is 9.67. The number of rotatable bonds is 7. The zero-order chi connectivity index (χ0) is 11.0. The maximum absolute atomic E-state index is 10.8. The lowest BCUT2D eigenvalue weighted by Crippen LogP contribution is -2.11. The fourth-order valence-electron chi connectivity index (χ4n) is 0.571. The molecule has 14 heavy (non-hydrogen) atoms. The highest BCUT2D eigenvalue weighted by Gasteiger charge is 2.02. The van der Waals surface area contributed by atoms with Gasteiger partial charge in [-0.15, -0.1) is 0 Å². The first kappa shape index (κ1) is 13.3. The number of carbonyl (C=O) groups is 2. The maximum Gasteiger partial charge on any atom is 0.333 e. The number of hydrogen-bond acceptors (Lipinski definition) is 4. The van der Waals surface area contributed by atoms with Crippen LogP contribution >= 0.6 is 15.9 Å². The molecule has 80 valence electrons. The maximum atomic E-state index is 10.8. The summed E-state index contributed by atoms with van der Waals surface area (Å²) in [5.74, 6) is -0.426. The third-order valence-electron chi connectivity index (χ3n) is 1.25. The van der Waals surface area contributed by atoms with Crippen LogP contribution in [0.15, 0.2) is 12.2 Å². The minimum atomic E-state index is -0.426. The molecule has 0 fully saturated rings. The summed E-state index contributed by atoms with van der Waals surface area (Å²) in [5, 5.41) is 0. The topological polar surface area (TPSA) is 52.6 Å². The molecule has 0 aliphatic heterocycles. The van der Waals surface area contributed by atoms with Gasteiger partial charge < -0.3 is 9.47 Å². The van der Waals surface area contributed by atoms with E-state index in [1.165, 1.54) is 0 Å². The molecule has 0 aliphatic carbocycles. The lowest BCUT2D eigenvalue weighted by atomic mass is 10.4. The van der Waals surface area contributed by atoms with Crippen molar-refractivity contribution in [2.75, 3.05) is 19.8 Å². The van der Waals surface area contributed by atoms with Gasteiger partial charge in [-0.3, -0.25) is 4.79 Å². The van der Waals surface area contributed by atoms with Gasteiger partial charge in [0.2, 0.25) is 0 Å². The molecule has 0 saturated carbocycles. The molecule has 0 aliphatic rings. The molecular weight excluding hydrogens is 252 g/mol. The van der Waals surface area contributed by atoms with Crippen LogP contribution in [0.5, 0.6) is 0 Å². The Morgan fingerprint density at radius 1 is 1.29 bits per heavy atom. The van der Waals surface area contributed by atoms with Crippen LogP contribution in [-0.2, 0) is 19.1 Å². The van der Waals surface area contributed by atoms with E-state index in [4.69, 9.17) is 9.47 Å². The molecule has 0 amide bonds. The zero-order valence-corrected chi connectivity index (χ0v) is 9.63. The second kappa shape index (κ2) is 7.70. The standard InChI is InChI=1S/C9H13BrO4/c1-7(2)9(12)14-6-5-13-4-3-8(10)11/h1,3-6H2,2H3. The monoisotopic (exact) mass is 264 g/mol. The van der Waals surface area contributed by atoms with Crippen LogP contribution in [0.25, 0.3) is 0 Å². The molecule has 0 heterocycles. The van der Waals surface area contributed by atoms with E-state index in [-0.39, 0.29) is 11.3 Å². The van der Waals surface area contributed by atoms with Crippen LogP contribution in [0.4, 0.5) is 0 Å².